The zero-order valence-corrected chi connectivity index (χ0v) is 11.7. The van der Waals surface area contributed by atoms with Crippen molar-refractivity contribution in [1.82, 2.24) is 9.97 Å². The number of thioether (sulfide) groups is 1. The number of rotatable bonds is 6. The molecule has 102 valence electrons. The number of imidazole rings is 1. The standard InChI is InChI=1S/C11H14N4O2S2/c12-9-2-1-3-10(8-9)18-6-7-19(16,17)15-11-13-4-5-14-11/h1-5,8H,6-7,12H2,(H2,13,14,15). The first-order chi connectivity index (χ1) is 9.05. The molecule has 4 N–H and O–H groups in total. The molecule has 1 heterocycles. The van der Waals surface area contributed by atoms with Crippen molar-refractivity contribution in [3.63, 3.8) is 0 Å². The first kappa shape index (κ1) is 13.8. The van der Waals surface area contributed by atoms with Crippen LogP contribution in [-0.2, 0) is 10.0 Å². The second-order valence-electron chi connectivity index (χ2n) is 3.78. The lowest BCUT2D eigenvalue weighted by Gasteiger charge is -2.05. The van der Waals surface area contributed by atoms with Crippen molar-refractivity contribution in [3.8, 4) is 0 Å². The quantitative estimate of drug-likeness (QED) is 0.554. The first-order valence-corrected chi connectivity index (χ1v) is 8.17. The Balaban J connectivity index is 1.85. The molecule has 0 spiro atoms. The van der Waals surface area contributed by atoms with Crippen molar-refractivity contribution in [3.05, 3.63) is 36.7 Å². The van der Waals surface area contributed by atoms with E-state index in [9.17, 15) is 8.42 Å². The Labute approximate surface area is 115 Å². The maximum absolute atomic E-state index is 11.7. The van der Waals surface area contributed by atoms with E-state index < -0.39 is 10.0 Å². The van der Waals surface area contributed by atoms with Gasteiger partial charge in [0.15, 0.2) is 0 Å². The summed E-state index contributed by atoms with van der Waals surface area (Å²) >= 11 is 1.44. The fourth-order valence-corrected chi connectivity index (χ4v) is 3.74. The maximum atomic E-state index is 11.7. The predicted octanol–water partition coefficient (Wildman–Crippen LogP) is 1.53. The third-order valence-electron chi connectivity index (χ3n) is 2.23. The van der Waals surface area contributed by atoms with E-state index in [1.165, 1.54) is 18.0 Å². The SMILES string of the molecule is Nc1cccc(SCCS(=O)(=O)Nc2ncc[nH]2)c1. The molecule has 1 aromatic heterocycles. The van der Waals surface area contributed by atoms with Crippen LogP contribution in [0, 0.1) is 0 Å². The van der Waals surface area contributed by atoms with Crippen molar-refractivity contribution < 1.29 is 8.42 Å². The van der Waals surface area contributed by atoms with Crippen LogP contribution in [0.4, 0.5) is 11.6 Å². The molecule has 0 radical (unpaired) electrons. The van der Waals surface area contributed by atoms with Gasteiger partial charge in [-0.1, -0.05) is 6.07 Å². The van der Waals surface area contributed by atoms with Crippen molar-refractivity contribution in [1.29, 1.82) is 0 Å². The maximum Gasteiger partial charge on any atom is 0.235 e. The second kappa shape index (κ2) is 5.98. The van der Waals surface area contributed by atoms with Gasteiger partial charge in [-0.05, 0) is 18.2 Å². The monoisotopic (exact) mass is 298 g/mol. The molecule has 0 aliphatic carbocycles. The third-order valence-corrected chi connectivity index (χ3v) is 4.73. The van der Waals surface area contributed by atoms with E-state index in [1.807, 2.05) is 18.2 Å². The largest absolute Gasteiger partial charge is 0.399 e. The average molecular weight is 298 g/mol. The number of H-pyrrole nitrogens is 1. The molecule has 0 atom stereocenters. The lowest BCUT2D eigenvalue weighted by Crippen LogP contribution is -2.18. The van der Waals surface area contributed by atoms with Crippen molar-refractivity contribution >= 4 is 33.4 Å². The number of hydrogen-bond acceptors (Lipinski definition) is 5. The first-order valence-electron chi connectivity index (χ1n) is 5.53. The smallest absolute Gasteiger partial charge is 0.235 e. The third kappa shape index (κ3) is 4.49. The Morgan fingerprint density at radius 2 is 2.26 bits per heavy atom. The summed E-state index contributed by atoms with van der Waals surface area (Å²) in [5.74, 6) is 0.682. The van der Waals surface area contributed by atoms with Gasteiger partial charge < -0.3 is 10.7 Å². The van der Waals surface area contributed by atoms with Crippen LogP contribution in [0.25, 0.3) is 0 Å². The van der Waals surface area contributed by atoms with Gasteiger partial charge in [0.1, 0.15) is 0 Å². The lowest BCUT2D eigenvalue weighted by atomic mass is 10.3. The number of aromatic nitrogens is 2. The minimum Gasteiger partial charge on any atom is -0.399 e. The number of sulfonamides is 1. The number of anilines is 2. The molecule has 0 bridgehead atoms. The fourth-order valence-electron chi connectivity index (χ4n) is 1.39. The molecule has 8 heteroatoms. The van der Waals surface area contributed by atoms with E-state index in [4.69, 9.17) is 5.73 Å². The van der Waals surface area contributed by atoms with E-state index in [-0.39, 0.29) is 11.7 Å². The molecule has 1 aromatic carbocycles. The Morgan fingerprint density at radius 1 is 1.42 bits per heavy atom. The van der Waals surface area contributed by atoms with Crippen molar-refractivity contribution in [2.75, 3.05) is 22.0 Å². The van der Waals surface area contributed by atoms with E-state index in [0.29, 0.717) is 11.4 Å². The predicted molar refractivity (Wildman–Crippen MR) is 77.6 cm³/mol. The molecular formula is C11H14N4O2S2. The van der Waals surface area contributed by atoms with E-state index >= 15 is 0 Å². The second-order valence-corrected chi connectivity index (χ2v) is 6.79. The van der Waals surface area contributed by atoms with Gasteiger partial charge in [-0.3, -0.25) is 4.72 Å². The Morgan fingerprint density at radius 3 is 2.95 bits per heavy atom. The minimum atomic E-state index is -3.38. The molecule has 0 aliphatic heterocycles. The van der Waals surface area contributed by atoms with Crippen LogP contribution in [0.3, 0.4) is 0 Å². The van der Waals surface area contributed by atoms with Gasteiger partial charge in [-0.2, -0.15) is 0 Å². The molecule has 0 aliphatic rings. The fraction of sp³-hybridized carbons (Fsp3) is 0.182. The van der Waals surface area contributed by atoms with Crippen molar-refractivity contribution in [2.45, 2.75) is 4.90 Å². The number of nitrogens with one attached hydrogen (secondary N) is 2. The highest BCUT2D eigenvalue weighted by Gasteiger charge is 2.11. The van der Waals surface area contributed by atoms with Gasteiger partial charge in [0.05, 0.1) is 5.75 Å². The Hall–Kier alpha value is -1.67. The highest BCUT2D eigenvalue weighted by atomic mass is 32.2. The summed E-state index contributed by atoms with van der Waals surface area (Å²) in [5, 5.41) is 0. The summed E-state index contributed by atoms with van der Waals surface area (Å²) in [5.41, 5.74) is 6.32. The van der Waals surface area contributed by atoms with Crippen LogP contribution in [0.5, 0.6) is 0 Å². The molecule has 0 amide bonds. The number of aromatic amines is 1. The topological polar surface area (TPSA) is 101 Å². The van der Waals surface area contributed by atoms with Crippen LogP contribution in [0.15, 0.2) is 41.6 Å². The summed E-state index contributed by atoms with van der Waals surface area (Å²) in [6, 6.07) is 7.34. The van der Waals surface area contributed by atoms with Crippen molar-refractivity contribution in [2.24, 2.45) is 0 Å². The summed E-state index contributed by atoms with van der Waals surface area (Å²) in [4.78, 5) is 7.45. The number of nitrogens with zero attached hydrogens (tertiary/aromatic N) is 1. The average Bonchev–Trinajstić information content (AvgIpc) is 2.80. The summed E-state index contributed by atoms with van der Waals surface area (Å²) in [6.07, 6.45) is 3.04. The van der Waals surface area contributed by atoms with Gasteiger partial charge in [0.2, 0.25) is 16.0 Å². The van der Waals surface area contributed by atoms with Crippen LogP contribution in [-0.4, -0.2) is 29.9 Å². The summed E-state index contributed by atoms with van der Waals surface area (Å²) in [6.45, 7) is 0. The van der Waals surface area contributed by atoms with E-state index in [2.05, 4.69) is 14.7 Å². The Bertz CT molecular complexity index is 626. The number of benzene rings is 1. The number of nitrogens with two attached hydrogens (primary N) is 1. The molecule has 0 saturated carbocycles. The van der Waals surface area contributed by atoms with Crippen LogP contribution in [0.1, 0.15) is 0 Å². The number of hydrogen-bond donors (Lipinski definition) is 3. The summed E-state index contributed by atoms with van der Waals surface area (Å²) in [7, 11) is -3.38. The van der Waals surface area contributed by atoms with Gasteiger partial charge in [0.25, 0.3) is 0 Å². The normalized spacial score (nSPS) is 11.4. The molecule has 2 rings (SSSR count). The van der Waals surface area contributed by atoms with Gasteiger partial charge >= 0.3 is 0 Å². The van der Waals surface area contributed by atoms with Gasteiger partial charge in [0, 0.05) is 28.7 Å². The van der Waals surface area contributed by atoms with E-state index in [0.717, 1.165) is 4.90 Å². The molecule has 0 fully saturated rings. The zero-order valence-electron chi connectivity index (χ0n) is 10.0. The van der Waals surface area contributed by atoms with Crippen LogP contribution < -0.4 is 10.5 Å². The van der Waals surface area contributed by atoms with E-state index in [1.54, 1.807) is 12.3 Å². The van der Waals surface area contributed by atoms with Gasteiger partial charge in [-0.15, -0.1) is 11.8 Å². The molecule has 6 nitrogen and oxygen atoms in total. The number of nitrogen functional groups attached to an aromatic ring is 1. The van der Waals surface area contributed by atoms with Crippen LogP contribution >= 0.6 is 11.8 Å². The molecular weight excluding hydrogens is 284 g/mol. The molecule has 19 heavy (non-hydrogen) atoms. The highest BCUT2D eigenvalue weighted by Crippen LogP contribution is 2.20. The summed E-state index contributed by atoms with van der Waals surface area (Å²) < 4.78 is 25.9. The Kier molecular flexibility index (Phi) is 4.33. The minimum absolute atomic E-state index is 0.00711. The molecule has 0 saturated heterocycles. The highest BCUT2D eigenvalue weighted by molar-refractivity contribution is 8.01. The van der Waals surface area contributed by atoms with Crippen LogP contribution in [0.2, 0.25) is 0 Å². The molecule has 2 aromatic rings. The lowest BCUT2D eigenvalue weighted by molar-refractivity contribution is 0.602. The molecule has 0 unspecified atom stereocenters. The van der Waals surface area contributed by atoms with Gasteiger partial charge in [-0.25, -0.2) is 13.4 Å². The zero-order chi connectivity index (χ0) is 13.7.